The molecule has 0 atom stereocenters. The summed E-state index contributed by atoms with van der Waals surface area (Å²) in [5, 5.41) is 5.40. The fourth-order valence-corrected chi connectivity index (χ4v) is 5.46. The second-order valence-electron chi connectivity index (χ2n) is 7.63. The number of nitrogens with zero attached hydrogens (tertiary/aromatic N) is 4. The Morgan fingerprint density at radius 1 is 1.28 bits per heavy atom. The Kier molecular flexibility index (Phi) is 7.90. The maximum Gasteiger partial charge on any atom is 0.285 e. The van der Waals surface area contributed by atoms with E-state index in [9.17, 15) is 9.59 Å². The monoisotopic (exact) mass is 473 g/mol. The van der Waals surface area contributed by atoms with Gasteiger partial charge in [0.05, 0.1) is 23.8 Å². The van der Waals surface area contributed by atoms with Crippen molar-refractivity contribution in [2.24, 2.45) is 0 Å². The van der Waals surface area contributed by atoms with Crippen molar-refractivity contribution in [3.63, 3.8) is 0 Å². The van der Waals surface area contributed by atoms with E-state index in [-0.39, 0.29) is 17.7 Å². The van der Waals surface area contributed by atoms with Crippen LogP contribution in [0.4, 0.5) is 0 Å². The van der Waals surface area contributed by atoms with Gasteiger partial charge in [-0.05, 0) is 25.0 Å². The van der Waals surface area contributed by atoms with Gasteiger partial charge in [0.15, 0.2) is 0 Å². The Hall–Kier alpha value is -2.27. The summed E-state index contributed by atoms with van der Waals surface area (Å²) in [6.07, 6.45) is 5.19. The molecule has 8 nitrogen and oxygen atoms in total. The third-order valence-electron chi connectivity index (χ3n) is 5.50. The van der Waals surface area contributed by atoms with Crippen molar-refractivity contribution in [2.75, 3.05) is 45.1 Å². The van der Waals surface area contributed by atoms with Gasteiger partial charge in [-0.1, -0.05) is 6.08 Å². The molecule has 10 heteroatoms. The summed E-state index contributed by atoms with van der Waals surface area (Å²) in [6, 6.07) is 3.64. The van der Waals surface area contributed by atoms with Crippen LogP contribution in [0.2, 0.25) is 0 Å². The highest BCUT2D eigenvalue weighted by atomic mass is 32.2. The third kappa shape index (κ3) is 5.55. The molecule has 0 bridgehead atoms. The van der Waals surface area contributed by atoms with Gasteiger partial charge < -0.3 is 9.64 Å². The van der Waals surface area contributed by atoms with Crippen molar-refractivity contribution >= 4 is 34.9 Å². The highest BCUT2D eigenvalue weighted by Crippen LogP contribution is 2.31. The number of thiazole rings is 1. The lowest BCUT2D eigenvalue weighted by Gasteiger charge is -2.31. The normalized spacial score (nSPS) is 17.8. The summed E-state index contributed by atoms with van der Waals surface area (Å²) < 4.78 is 5.30. The number of hydrazine groups is 1. The predicted molar refractivity (Wildman–Crippen MR) is 125 cm³/mol. The molecule has 2 aliphatic rings. The van der Waals surface area contributed by atoms with Crippen LogP contribution in [0.15, 0.2) is 41.4 Å². The number of aromatic nitrogens is 2. The first-order valence-corrected chi connectivity index (χ1v) is 12.6. The number of carbonyl (C=O) groups is 2. The van der Waals surface area contributed by atoms with Gasteiger partial charge in [-0.2, -0.15) is 0 Å². The van der Waals surface area contributed by atoms with E-state index in [2.05, 4.69) is 22.0 Å². The summed E-state index contributed by atoms with van der Waals surface area (Å²) >= 11 is 3.04. The zero-order chi connectivity index (χ0) is 22.3. The number of hydrogen-bond donors (Lipinski definition) is 1. The van der Waals surface area contributed by atoms with Crippen molar-refractivity contribution in [1.29, 1.82) is 0 Å². The van der Waals surface area contributed by atoms with Gasteiger partial charge in [0, 0.05) is 49.4 Å². The van der Waals surface area contributed by atoms with Crippen molar-refractivity contribution < 1.29 is 14.3 Å². The lowest BCUT2D eigenvalue weighted by atomic mass is 9.97. The minimum atomic E-state index is -0.178. The van der Waals surface area contributed by atoms with E-state index in [4.69, 9.17) is 4.74 Å². The molecule has 0 saturated carbocycles. The fraction of sp³-hybridized carbons (Fsp3) is 0.455. The van der Waals surface area contributed by atoms with Gasteiger partial charge in [-0.25, -0.2) is 15.0 Å². The van der Waals surface area contributed by atoms with Gasteiger partial charge in [0.2, 0.25) is 0 Å². The average Bonchev–Trinajstić information content (AvgIpc) is 3.34. The Balaban J connectivity index is 1.33. The van der Waals surface area contributed by atoms with Crippen LogP contribution in [0, 0.1) is 0 Å². The number of morpholine rings is 1. The standard InChI is InChI=1S/C22H27N5O3S2/c1-2-14-31-21-17(4-3-7-23-21)22(29)26-8-5-16(6-9-26)20-24-18(15-32-20)19(28)25-27-10-12-30-13-11-27/h2-4,7,15-16H,1,5-6,8-14H2,(H,25,28). The Labute approximate surface area is 196 Å². The summed E-state index contributed by atoms with van der Waals surface area (Å²) in [5.74, 6) is 0.818. The van der Waals surface area contributed by atoms with Crippen LogP contribution in [-0.2, 0) is 4.74 Å². The smallest absolute Gasteiger partial charge is 0.285 e. The summed E-state index contributed by atoms with van der Waals surface area (Å²) in [6.45, 7) is 7.67. The lowest BCUT2D eigenvalue weighted by Crippen LogP contribution is -2.48. The first kappa shape index (κ1) is 22.9. The van der Waals surface area contributed by atoms with Crippen LogP contribution in [0.1, 0.15) is 44.6 Å². The maximum absolute atomic E-state index is 13.1. The summed E-state index contributed by atoms with van der Waals surface area (Å²) in [5.41, 5.74) is 4.00. The second-order valence-corrected chi connectivity index (χ2v) is 9.53. The molecule has 0 radical (unpaired) electrons. The number of nitrogens with one attached hydrogen (secondary N) is 1. The fourth-order valence-electron chi connectivity index (χ4n) is 3.76. The molecule has 4 rings (SSSR count). The van der Waals surface area contributed by atoms with Crippen molar-refractivity contribution in [1.82, 2.24) is 25.3 Å². The predicted octanol–water partition coefficient (Wildman–Crippen LogP) is 2.81. The first-order chi connectivity index (χ1) is 15.7. The minimum Gasteiger partial charge on any atom is -0.379 e. The number of rotatable bonds is 7. The second kappa shape index (κ2) is 11.0. The lowest BCUT2D eigenvalue weighted by molar-refractivity contribution is 0.0125. The van der Waals surface area contributed by atoms with Crippen molar-refractivity contribution in [3.8, 4) is 0 Å². The number of ether oxygens (including phenoxy) is 1. The number of hydrogen-bond acceptors (Lipinski definition) is 8. The topological polar surface area (TPSA) is 87.7 Å². The van der Waals surface area contributed by atoms with E-state index in [1.807, 2.05) is 27.4 Å². The molecule has 2 aromatic heterocycles. The van der Waals surface area contributed by atoms with E-state index in [1.165, 1.54) is 23.1 Å². The van der Waals surface area contributed by atoms with E-state index in [0.29, 0.717) is 56.4 Å². The number of carbonyl (C=O) groups excluding carboxylic acids is 2. The molecule has 0 unspecified atom stereocenters. The number of thioether (sulfide) groups is 1. The molecule has 0 aliphatic carbocycles. The van der Waals surface area contributed by atoms with Gasteiger partial charge in [-0.15, -0.1) is 29.7 Å². The number of amides is 2. The quantitative estimate of drug-likeness (QED) is 0.489. The Bertz CT molecular complexity index is 953. The van der Waals surface area contributed by atoms with E-state index >= 15 is 0 Å². The first-order valence-electron chi connectivity index (χ1n) is 10.7. The maximum atomic E-state index is 13.1. The highest BCUT2D eigenvalue weighted by molar-refractivity contribution is 7.99. The van der Waals surface area contributed by atoms with Gasteiger partial charge in [0.25, 0.3) is 11.8 Å². The summed E-state index contributed by atoms with van der Waals surface area (Å²) in [4.78, 5) is 36.4. The molecule has 2 amide bonds. The summed E-state index contributed by atoms with van der Waals surface area (Å²) in [7, 11) is 0. The van der Waals surface area contributed by atoms with Gasteiger partial charge in [0.1, 0.15) is 10.7 Å². The average molecular weight is 474 g/mol. The molecule has 0 spiro atoms. The van der Waals surface area contributed by atoms with Crippen molar-refractivity contribution in [3.05, 3.63) is 52.6 Å². The van der Waals surface area contributed by atoms with Crippen LogP contribution in [0.5, 0.6) is 0 Å². The zero-order valence-electron chi connectivity index (χ0n) is 17.9. The molecule has 2 aromatic rings. The number of likely N-dealkylation sites (tertiary alicyclic amines) is 1. The van der Waals surface area contributed by atoms with Crippen LogP contribution >= 0.6 is 23.1 Å². The highest BCUT2D eigenvalue weighted by Gasteiger charge is 2.28. The molecule has 32 heavy (non-hydrogen) atoms. The SMILES string of the molecule is C=CCSc1ncccc1C(=O)N1CCC(c2nc(C(=O)NN3CCOCC3)cs2)CC1. The Morgan fingerprint density at radius 3 is 2.81 bits per heavy atom. The molecule has 2 fully saturated rings. The molecule has 1 N–H and O–H groups in total. The number of piperidine rings is 1. The van der Waals surface area contributed by atoms with Crippen LogP contribution < -0.4 is 5.43 Å². The zero-order valence-corrected chi connectivity index (χ0v) is 19.5. The van der Waals surface area contributed by atoms with Crippen molar-refractivity contribution in [2.45, 2.75) is 23.8 Å². The van der Waals surface area contributed by atoms with Crippen LogP contribution in [0.25, 0.3) is 0 Å². The van der Waals surface area contributed by atoms with E-state index in [1.54, 1.807) is 12.3 Å². The molecule has 2 saturated heterocycles. The molecule has 2 aliphatic heterocycles. The molecule has 4 heterocycles. The molecule has 170 valence electrons. The Morgan fingerprint density at radius 2 is 2.06 bits per heavy atom. The van der Waals surface area contributed by atoms with Crippen LogP contribution in [0.3, 0.4) is 0 Å². The van der Waals surface area contributed by atoms with Gasteiger partial charge >= 0.3 is 0 Å². The largest absolute Gasteiger partial charge is 0.379 e. The number of pyridine rings is 1. The van der Waals surface area contributed by atoms with E-state index in [0.717, 1.165) is 22.9 Å². The minimum absolute atomic E-state index is 0.0211. The molecular weight excluding hydrogens is 446 g/mol. The molecule has 0 aromatic carbocycles. The van der Waals surface area contributed by atoms with E-state index < -0.39 is 0 Å². The third-order valence-corrected chi connectivity index (χ3v) is 7.50. The van der Waals surface area contributed by atoms with Crippen LogP contribution in [-0.4, -0.2) is 76.8 Å². The molecular formula is C22H27N5O3S2. The van der Waals surface area contributed by atoms with Gasteiger partial charge in [-0.3, -0.25) is 15.0 Å².